The van der Waals surface area contributed by atoms with Crippen LogP contribution in [0.25, 0.3) is 6.08 Å². The van der Waals surface area contributed by atoms with Gasteiger partial charge in [0.1, 0.15) is 18.2 Å². The summed E-state index contributed by atoms with van der Waals surface area (Å²) in [6.07, 6.45) is 3.48. The molecule has 1 unspecified atom stereocenters. The molecule has 25 heavy (non-hydrogen) atoms. The molecule has 2 aliphatic heterocycles. The molecule has 2 amide bonds. The van der Waals surface area contributed by atoms with Gasteiger partial charge in [-0.1, -0.05) is 18.2 Å². The van der Waals surface area contributed by atoms with Crippen LogP contribution in [-0.4, -0.2) is 35.3 Å². The van der Waals surface area contributed by atoms with Gasteiger partial charge in [-0.25, -0.2) is 4.98 Å². The van der Waals surface area contributed by atoms with Crippen molar-refractivity contribution in [3.63, 3.8) is 0 Å². The number of nitrogens with one attached hydrogen (secondary N) is 1. The summed E-state index contributed by atoms with van der Waals surface area (Å²) < 4.78 is 5.82. The summed E-state index contributed by atoms with van der Waals surface area (Å²) in [6, 6.07) is 13.7. The average Bonchev–Trinajstić information content (AvgIpc) is 3.34. The smallest absolute Gasteiger partial charge is 0.290 e. The van der Waals surface area contributed by atoms with Crippen molar-refractivity contribution in [2.24, 2.45) is 0 Å². The number of pyridine rings is 1. The third-order valence-corrected chi connectivity index (χ3v) is 4.73. The van der Waals surface area contributed by atoms with E-state index in [0.29, 0.717) is 17.6 Å². The summed E-state index contributed by atoms with van der Waals surface area (Å²) in [6.45, 7) is 1.55. The number of carbonyl (C=O) groups is 2. The predicted octanol–water partition coefficient (Wildman–Crippen LogP) is 2.67. The van der Waals surface area contributed by atoms with Gasteiger partial charge in [0.15, 0.2) is 0 Å². The maximum Gasteiger partial charge on any atom is 0.290 e. The molecule has 0 saturated carbocycles. The Labute approximate surface area is 148 Å². The van der Waals surface area contributed by atoms with E-state index in [0.717, 1.165) is 35.4 Å². The molecule has 2 aromatic rings. The van der Waals surface area contributed by atoms with Crippen molar-refractivity contribution in [1.82, 2.24) is 10.3 Å². The summed E-state index contributed by atoms with van der Waals surface area (Å²) in [7, 11) is 0. The molecule has 126 valence electrons. The summed E-state index contributed by atoms with van der Waals surface area (Å²) >= 11 is 0.912. The van der Waals surface area contributed by atoms with Crippen LogP contribution in [0.15, 0.2) is 53.6 Å². The van der Waals surface area contributed by atoms with Gasteiger partial charge >= 0.3 is 0 Å². The highest BCUT2D eigenvalue weighted by Gasteiger charge is 2.35. The van der Waals surface area contributed by atoms with Crippen molar-refractivity contribution in [1.29, 1.82) is 0 Å². The number of imide groups is 1. The van der Waals surface area contributed by atoms with E-state index < -0.39 is 0 Å². The molecule has 3 heterocycles. The number of hydrogen-bond donors (Lipinski definition) is 1. The standard InChI is InChI=1S/C18H15N3O3S/c22-17-15(25-18(23)20-17)9-12-4-6-14(7-5-12)24-11-13-10-21(13)16-3-1-2-8-19-16/h1-9,13H,10-11H2,(H,20,22,23)/b15-9-. The minimum atomic E-state index is -0.348. The zero-order valence-electron chi connectivity index (χ0n) is 13.2. The van der Waals surface area contributed by atoms with Crippen molar-refractivity contribution in [2.75, 3.05) is 18.1 Å². The van der Waals surface area contributed by atoms with Crippen LogP contribution in [0.2, 0.25) is 0 Å². The van der Waals surface area contributed by atoms with Gasteiger partial charge in [-0.2, -0.15) is 0 Å². The molecule has 1 aromatic heterocycles. The Bertz CT molecular complexity index is 836. The normalized spacial score (nSPS) is 20.7. The largest absolute Gasteiger partial charge is 0.491 e. The number of nitrogens with zero attached hydrogens (tertiary/aromatic N) is 2. The molecule has 2 aliphatic rings. The Morgan fingerprint density at radius 2 is 2.08 bits per heavy atom. The number of anilines is 1. The number of amides is 2. The Morgan fingerprint density at radius 3 is 2.76 bits per heavy atom. The van der Waals surface area contributed by atoms with E-state index in [1.54, 1.807) is 12.3 Å². The molecule has 4 rings (SSSR count). The molecular weight excluding hydrogens is 338 g/mol. The third kappa shape index (κ3) is 3.66. The summed E-state index contributed by atoms with van der Waals surface area (Å²) in [5, 5.41) is 1.90. The van der Waals surface area contributed by atoms with Crippen LogP contribution < -0.4 is 15.0 Å². The number of rotatable bonds is 5. The van der Waals surface area contributed by atoms with Gasteiger partial charge in [0.2, 0.25) is 0 Å². The monoisotopic (exact) mass is 353 g/mol. The summed E-state index contributed by atoms with van der Waals surface area (Å²) in [5.41, 5.74) is 0.848. The number of hydrogen-bond acceptors (Lipinski definition) is 6. The number of thioether (sulfide) groups is 1. The minimum Gasteiger partial charge on any atom is -0.491 e. The summed E-state index contributed by atoms with van der Waals surface area (Å²) in [4.78, 5) is 29.6. The molecule has 1 aromatic carbocycles. The molecule has 1 atom stereocenters. The minimum absolute atomic E-state index is 0.335. The lowest BCUT2D eigenvalue weighted by Gasteiger charge is -2.07. The number of aromatic nitrogens is 1. The molecule has 1 N–H and O–H groups in total. The van der Waals surface area contributed by atoms with Crippen LogP contribution in [0.4, 0.5) is 10.6 Å². The Kier molecular flexibility index (Phi) is 4.15. The maximum absolute atomic E-state index is 11.5. The second-order valence-electron chi connectivity index (χ2n) is 5.73. The lowest BCUT2D eigenvalue weighted by molar-refractivity contribution is -0.115. The van der Waals surface area contributed by atoms with E-state index in [9.17, 15) is 9.59 Å². The highest BCUT2D eigenvalue weighted by Crippen LogP contribution is 2.27. The summed E-state index contributed by atoms with van der Waals surface area (Å²) in [5.74, 6) is 1.40. The highest BCUT2D eigenvalue weighted by molar-refractivity contribution is 8.18. The van der Waals surface area contributed by atoms with Crippen molar-refractivity contribution in [2.45, 2.75) is 6.04 Å². The maximum atomic E-state index is 11.5. The van der Waals surface area contributed by atoms with E-state index in [4.69, 9.17) is 4.74 Å². The first-order chi connectivity index (χ1) is 12.2. The average molecular weight is 353 g/mol. The Balaban J connectivity index is 1.32. The second-order valence-corrected chi connectivity index (χ2v) is 6.74. The predicted molar refractivity (Wildman–Crippen MR) is 96.4 cm³/mol. The second kappa shape index (κ2) is 6.60. The van der Waals surface area contributed by atoms with Crippen molar-refractivity contribution < 1.29 is 14.3 Å². The van der Waals surface area contributed by atoms with Crippen LogP contribution in [0.1, 0.15) is 5.56 Å². The van der Waals surface area contributed by atoms with Gasteiger partial charge in [0.25, 0.3) is 11.1 Å². The fourth-order valence-corrected chi connectivity index (χ4v) is 3.23. The van der Waals surface area contributed by atoms with Crippen molar-refractivity contribution in [3.05, 3.63) is 59.1 Å². The van der Waals surface area contributed by atoms with Gasteiger partial charge in [0, 0.05) is 12.7 Å². The van der Waals surface area contributed by atoms with Crippen molar-refractivity contribution >= 4 is 34.8 Å². The molecule has 2 fully saturated rings. The van der Waals surface area contributed by atoms with E-state index >= 15 is 0 Å². The first-order valence-corrected chi connectivity index (χ1v) is 8.66. The Morgan fingerprint density at radius 1 is 1.24 bits per heavy atom. The number of benzene rings is 1. The molecule has 0 aliphatic carbocycles. The fraction of sp³-hybridized carbons (Fsp3) is 0.167. The van der Waals surface area contributed by atoms with Gasteiger partial charge in [0.05, 0.1) is 10.9 Å². The number of ether oxygens (including phenoxy) is 1. The molecular formula is C18H15N3O3S. The lowest BCUT2D eigenvalue weighted by atomic mass is 10.2. The topological polar surface area (TPSA) is 71.3 Å². The quantitative estimate of drug-likeness (QED) is 0.658. The van der Waals surface area contributed by atoms with Crippen molar-refractivity contribution in [3.8, 4) is 5.75 Å². The number of carbonyl (C=O) groups excluding carboxylic acids is 2. The van der Waals surface area contributed by atoms with Gasteiger partial charge in [-0.3, -0.25) is 14.9 Å². The SMILES string of the molecule is O=C1NC(=O)/C(=C/c2ccc(OCC3CN3c3ccccn3)cc2)S1. The first-order valence-electron chi connectivity index (χ1n) is 7.84. The zero-order valence-corrected chi connectivity index (χ0v) is 14.0. The molecule has 2 saturated heterocycles. The molecule has 7 heteroatoms. The van der Waals surface area contributed by atoms with Gasteiger partial charge in [-0.05, 0) is 47.7 Å². The molecule has 0 bridgehead atoms. The van der Waals surface area contributed by atoms with Crippen LogP contribution >= 0.6 is 11.8 Å². The highest BCUT2D eigenvalue weighted by atomic mass is 32.2. The van der Waals surface area contributed by atoms with Crippen LogP contribution in [0.3, 0.4) is 0 Å². The van der Waals surface area contributed by atoms with E-state index in [2.05, 4.69) is 15.2 Å². The third-order valence-electron chi connectivity index (χ3n) is 3.92. The molecule has 0 radical (unpaired) electrons. The zero-order chi connectivity index (χ0) is 17.2. The molecule has 6 nitrogen and oxygen atoms in total. The van der Waals surface area contributed by atoms with E-state index in [1.165, 1.54) is 0 Å². The van der Waals surface area contributed by atoms with Gasteiger partial charge < -0.3 is 9.64 Å². The Hall–Kier alpha value is -2.80. The van der Waals surface area contributed by atoms with Crippen LogP contribution in [0, 0.1) is 0 Å². The fourth-order valence-electron chi connectivity index (χ4n) is 2.55. The van der Waals surface area contributed by atoms with E-state index in [-0.39, 0.29) is 11.1 Å². The first kappa shape index (κ1) is 15.7. The van der Waals surface area contributed by atoms with Gasteiger partial charge in [-0.15, -0.1) is 0 Å². The van der Waals surface area contributed by atoms with E-state index in [1.807, 2.05) is 42.5 Å². The van der Waals surface area contributed by atoms with Crippen LogP contribution in [-0.2, 0) is 4.79 Å². The molecule has 0 spiro atoms. The van der Waals surface area contributed by atoms with Crippen LogP contribution in [0.5, 0.6) is 5.75 Å². The lowest BCUT2D eigenvalue weighted by Crippen LogP contribution is -2.17.